The second-order valence-corrected chi connectivity index (χ2v) is 5.27. The zero-order valence-electron chi connectivity index (χ0n) is 12.7. The number of unbranched alkanes of at least 4 members (excludes halogenated alkanes) is 4. The van der Waals surface area contributed by atoms with E-state index in [9.17, 15) is 4.79 Å². The third-order valence-electron chi connectivity index (χ3n) is 3.57. The molecule has 1 aromatic carbocycles. The summed E-state index contributed by atoms with van der Waals surface area (Å²) in [6.45, 7) is 7.86. The van der Waals surface area contributed by atoms with Gasteiger partial charge in [0, 0.05) is 6.08 Å². The van der Waals surface area contributed by atoms with Crippen molar-refractivity contribution in [3.63, 3.8) is 0 Å². The third-order valence-corrected chi connectivity index (χ3v) is 3.57. The highest BCUT2D eigenvalue weighted by molar-refractivity contribution is 5.83. The van der Waals surface area contributed by atoms with Crippen LogP contribution in [0.4, 0.5) is 0 Å². The standard InChI is InChI=1S/C18H26O2/c1-4-6-7-8-9-12-15(3)16-13-10-11-14-17(16)20-18(19)5-2/h5,10-11,13-15H,2,4,6-9,12H2,1,3H3. The molecular formula is C18H26O2. The molecule has 1 atom stereocenters. The number of hydrogen-bond acceptors (Lipinski definition) is 2. The van der Waals surface area contributed by atoms with E-state index in [1.807, 2.05) is 24.3 Å². The Bertz CT molecular complexity index is 423. The van der Waals surface area contributed by atoms with Crippen molar-refractivity contribution in [3.8, 4) is 5.75 Å². The van der Waals surface area contributed by atoms with Gasteiger partial charge < -0.3 is 4.74 Å². The van der Waals surface area contributed by atoms with Gasteiger partial charge in [0.2, 0.25) is 0 Å². The summed E-state index contributed by atoms with van der Waals surface area (Å²) >= 11 is 0. The van der Waals surface area contributed by atoms with Gasteiger partial charge in [-0.2, -0.15) is 0 Å². The number of para-hydroxylation sites is 1. The van der Waals surface area contributed by atoms with E-state index in [-0.39, 0.29) is 0 Å². The van der Waals surface area contributed by atoms with Crippen molar-refractivity contribution in [1.82, 2.24) is 0 Å². The molecular weight excluding hydrogens is 248 g/mol. The predicted octanol–water partition coefficient (Wildman–Crippen LogP) is 5.24. The molecule has 2 nitrogen and oxygen atoms in total. The van der Waals surface area contributed by atoms with Gasteiger partial charge in [-0.3, -0.25) is 0 Å². The lowest BCUT2D eigenvalue weighted by Gasteiger charge is -2.15. The highest BCUT2D eigenvalue weighted by atomic mass is 16.5. The number of ether oxygens (including phenoxy) is 1. The number of hydrogen-bond donors (Lipinski definition) is 0. The van der Waals surface area contributed by atoms with Gasteiger partial charge in [-0.1, -0.05) is 70.7 Å². The van der Waals surface area contributed by atoms with E-state index in [0.29, 0.717) is 11.7 Å². The van der Waals surface area contributed by atoms with E-state index < -0.39 is 5.97 Å². The topological polar surface area (TPSA) is 26.3 Å². The zero-order valence-corrected chi connectivity index (χ0v) is 12.7. The Labute approximate surface area is 122 Å². The molecule has 0 bridgehead atoms. The van der Waals surface area contributed by atoms with Gasteiger partial charge in [0.25, 0.3) is 0 Å². The van der Waals surface area contributed by atoms with Crippen LogP contribution in [0.15, 0.2) is 36.9 Å². The van der Waals surface area contributed by atoms with Gasteiger partial charge in [-0.05, 0) is 24.0 Å². The van der Waals surface area contributed by atoms with Gasteiger partial charge >= 0.3 is 5.97 Å². The molecule has 0 saturated heterocycles. The maximum Gasteiger partial charge on any atom is 0.335 e. The van der Waals surface area contributed by atoms with Gasteiger partial charge in [0.1, 0.15) is 5.75 Å². The average molecular weight is 274 g/mol. The van der Waals surface area contributed by atoms with Crippen LogP contribution in [-0.4, -0.2) is 5.97 Å². The van der Waals surface area contributed by atoms with E-state index in [0.717, 1.165) is 12.0 Å². The number of esters is 1. The second kappa shape index (κ2) is 9.35. The minimum atomic E-state index is -0.396. The molecule has 0 saturated carbocycles. The van der Waals surface area contributed by atoms with Gasteiger partial charge in [0.05, 0.1) is 0 Å². The Morgan fingerprint density at radius 2 is 1.95 bits per heavy atom. The largest absolute Gasteiger partial charge is 0.423 e. The van der Waals surface area contributed by atoms with Crippen molar-refractivity contribution < 1.29 is 9.53 Å². The van der Waals surface area contributed by atoms with Crippen LogP contribution < -0.4 is 4.74 Å². The van der Waals surface area contributed by atoms with Crippen LogP contribution in [0.2, 0.25) is 0 Å². The van der Waals surface area contributed by atoms with Crippen LogP contribution in [0.5, 0.6) is 5.75 Å². The lowest BCUT2D eigenvalue weighted by Crippen LogP contribution is -2.06. The summed E-state index contributed by atoms with van der Waals surface area (Å²) in [6.07, 6.45) is 8.75. The molecule has 110 valence electrons. The molecule has 1 aromatic rings. The fourth-order valence-electron chi connectivity index (χ4n) is 2.34. The summed E-state index contributed by atoms with van der Waals surface area (Å²) in [4.78, 5) is 11.3. The molecule has 0 aliphatic carbocycles. The monoisotopic (exact) mass is 274 g/mol. The Morgan fingerprint density at radius 3 is 2.65 bits per heavy atom. The maximum atomic E-state index is 11.3. The van der Waals surface area contributed by atoms with Crippen molar-refractivity contribution in [2.24, 2.45) is 0 Å². The first-order chi connectivity index (χ1) is 9.69. The van der Waals surface area contributed by atoms with Crippen molar-refractivity contribution in [1.29, 1.82) is 0 Å². The number of rotatable bonds is 9. The molecule has 0 aliphatic rings. The van der Waals surface area contributed by atoms with Crippen molar-refractivity contribution in [3.05, 3.63) is 42.5 Å². The second-order valence-electron chi connectivity index (χ2n) is 5.27. The summed E-state index contributed by atoms with van der Waals surface area (Å²) in [5.74, 6) is 0.677. The van der Waals surface area contributed by atoms with Crippen LogP contribution in [-0.2, 0) is 4.79 Å². The lowest BCUT2D eigenvalue weighted by molar-refractivity contribution is -0.129. The Hall–Kier alpha value is -1.57. The van der Waals surface area contributed by atoms with Crippen molar-refractivity contribution >= 4 is 5.97 Å². The van der Waals surface area contributed by atoms with Crippen molar-refractivity contribution in [2.75, 3.05) is 0 Å². The third kappa shape index (κ3) is 5.60. The molecule has 0 radical (unpaired) electrons. The summed E-state index contributed by atoms with van der Waals surface area (Å²) < 4.78 is 5.30. The first kappa shape index (κ1) is 16.5. The first-order valence-electron chi connectivity index (χ1n) is 7.62. The van der Waals surface area contributed by atoms with E-state index in [1.165, 1.54) is 38.2 Å². The van der Waals surface area contributed by atoms with Gasteiger partial charge in [0.15, 0.2) is 0 Å². The molecule has 0 N–H and O–H groups in total. The molecule has 0 aliphatic heterocycles. The molecule has 1 unspecified atom stereocenters. The molecule has 20 heavy (non-hydrogen) atoms. The normalized spacial score (nSPS) is 11.9. The molecule has 0 amide bonds. The summed E-state index contributed by atoms with van der Waals surface area (Å²) in [5, 5.41) is 0. The van der Waals surface area contributed by atoms with E-state index in [1.54, 1.807) is 0 Å². The van der Waals surface area contributed by atoms with E-state index in [2.05, 4.69) is 20.4 Å². The highest BCUT2D eigenvalue weighted by Gasteiger charge is 2.12. The summed E-state index contributed by atoms with van der Waals surface area (Å²) in [6, 6.07) is 7.78. The average Bonchev–Trinajstić information content (AvgIpc) is 2.47. The molecule has 0 fully saturated rings. The summed E-state index contributed by atoms with van der Waals surface area (Å²) in [7, 11) is 0. The fraction of sp³-hybridized carbons (Fsp3) is 0.500. The van der Waals surface area contributed by atoms with E-state index >= 15 is 0 Å². The molecule has 1 rings (SSSR count). The fourth-order valence-corrected chi connectivity index (χ4v) is 2.34. The lowest BCUT2D eigenvalue weighted by atomic mass is 9.94. The quantitative estimate of drug-likeness (QED) is 0.266. The molecule has 0 spiro atoms. The Balaban J connectivity index is 2.56. The number of carbonyl (C=O) groups excluding carboxylic acids is 1. The van der Waals surface area contributed by atoms with Crippen LogP contribution in [0.3, 0.4) is 0 Å². The van der Waals surface area contributed by atoms with Gasteiger partial charge in [-0.25, -0.2) is 4.79 Å². The van der Waals surface area contributed by atoms with E-state index in [4.69, 9.17) is 4.74 Å². The van der Waals surface area contributed by atoms with Crippen LogP contribution >= 0.6 is 0 Å². The Morgan fingerprint density at radius 1 is 1.25 bits per heavy atom. The van der Waals surface area contributed by atoms with Crippen molar-refractivity contribution in [2.45, 2.75) is 58.3 Å². The van der Waals surface area contributed by atoms with Crippen LogP contribution in [0.1, 0.15) is 63.9 Å². The zero-order chi connectivity index (χ0) is 14.8. The minimum absolute atomic E-state index is 0.396. The molecule has 0 aromatic heterocycles. The smallest absolute Gasteiger partial charge is 0.335 e. The minimum Gasteiger partial charge on any atom is -0.423 e. The molecule has 2 heteroatoms. The predicted molar refractivity (Wildman–Crippen MR) is 84.1 cm³/mol. The van der Waals surface area contributed by atoms with Gasteiger partial charge in [-0.15, -0.1) is 0 Å². The molecule has 0 heterocycles. The van der Waals surface area contributed by atoms with Crippen LogP contribution in [0, 0.1) is 0 Å². The Kier molecular flexibility index (Phi) is 7.71. The first-order valence-corrected chi connectivity index (χ1v) is 7.62. The maximum absolute atomic E-state index is 11.3. The SMILES string of the molecule is C=CC(=O)Oc1ccccc1C(C)CCCCCCC. The van der Waals surface area contributed by atoms with Crippen LogP contribution in [0.25, 0.3) is 0 Å². The summed E-state index contributed by atoms with van der Waals surface area (Å²) in [5.41, 5.74) is 1.11. The highest BCUT2D eigenvalue weighted by Crippen LogP contribution is 2.30. The number of benzene rings is 1. The number of carbonyl (C=O) groups is 1.